The van der Waals surface area contributed by atoms with Crippen molar-refractivity contribution in [2.24, 2.45) is 4.99 Å². The van der Waals surface area contributed by atoms with E-state index in [0.717, 1.165) is 17.7 Å². The third-order valence-electron chi connectivity index (χ3n) is 4.34. The molecular weight excluding hydrogens is 396 g/mol. The number of pyridine rings is 1. The van der Waals surface area contributed by atoms with Crippen molar-refractivity contribution >= 4 is 46.8 Å². The first kappa shape index (κ1) is 20.3. The molecule has 9 nitrogen and oxygen atoms in total. The van der Waals surface area contributed by atoms with Gasteiger partial charge in [0.2, 0.25) is 11.5 Å². The summed E-state index contributed by atoms with van der Waals surface area (Å²) in [4.78, 5) is 36.5. The summed E-state index contributed by atoms with van der Waals surface area (Å²) >= 11 is 0. The molecular formula is C19H19ClN6O3. The minimum absolute atomic E-state index is 0. The summed E-state index contributed by atoms with van der Waals surface area (Å²) < 4.78 is 7.15. The van der Waals surface area contributed by atoms with E-state index in [-0.39, 0.29) is 18.3 Å². The molecule has 2 amide bonds. The molecule has 2 N–H and O–H groups in total. The van der Waals surface area contributed by atoms with Crippen LogP contribution in [0.25, 0.3) is 10.9 Å². The van der Waals surface area contributed by atoms with Crippen LogP contribution in [0.1, 0.15) is 17.3 Å². The molecule has 0 atom stereocenters. The Hall–Kier alpha value is -3.46. The average Bonchev–Trinajstić information content (AvgIpc) is 3.18. The van der Waals surface area contributed by atoms with Gasteiger partial charge in [0.1, 0.15) is 17.4 Å². The van der Waals surface area contributed by atoms with Crippen molar-refractivity contribution in [3.05, 3.63) is 47.7 Å². The molecule has 1 aliphatic rings. The Balaban J connectivity index is 0.00000240. The van der Waals surface area contributed by atoms with Crippen molar-refractivity contribution in [2.45, 2.75) is 13.5 Å². The molecule has 4 rings (SSSR count). The number of rotatable bonds is 3. The molecule has 0 unspecified atom stereocenters. The van der Waals surface area contributed by atoms with Crippen LogP contribution < -0.4 is 21.0 Å². The lowest BCUT2D eigenvalue weighted by Gasteiger charge is -2.09. The fourth-order valence-corrected chi connectivity index (χ4v) is 3.05. The highest BCUT2D eigenvalue weighted by atomic mass is 35.5. The standard InChI is InChI=1S/C19H18N6O3.ClH/c1-11(26)22-16-6-3-12(10-21-16)18(27)24-19-23-15-9-13(28-2)4-5-14(15)17-20-7-8-25(17)19;/h3-6,9-10,20H,7-8H2,1-2H3,(H,21,22,26);1H. The molecule has 1 aromatic carbocycles. The van der Waals surface area contributed by atoms with Crippen LogP contribution in [0.4, 0.5) is 11.6 Å². The molecule has 3 heterocycles. The maximum atomic E-state index is 12.6. The summed E-state index contributed by atoms with van der Waals surface area (Å²) in [6.07, 6.45) is 1.38. The Morgan fingerprint density at radius 2 is 2.10 bits per heavy atom. The molecule has 0 radical (unpaired) electrons. The number of fused-ring (bicyclic) bond motifs is 3. The molecule has 150 valence electrons. The molecule has 0 bridgehead atoms. The van der Waals surface area contributed by atoms with Gasteiger partial charge in [-0.3, -0.25) is 14.2 Å². The van der Waals surface area contributed by atoms with Gasteiger partial charge in [0.15, 0.2) is 0 Å². The molecule has 29 heavy (non-hydrogen) atoms. The highest BCUT2D eigenvalue weighted by Gasteiger charge is 2.16. The van der Waals surface area contributed by atoms with Crippen molar-refractivity contribution in [2.75, 3.05) is 24.3 Å². The van der Waals surface area contributed by atoms with E-state index < -0.39 is 5.91 Å². The van der Waals surface area contributed by atoms with Crippen molar-refractivity contribution in [3.8, 4) is 5.75 Å². The minimum atomic E-state index is -0.460. The monoisotopic (exact) mass is 414 g/mol. The molecule has 1 aliphatic heterocycles. The fourth-order valence-electron chi connectivity index (χ4n) is 3.05. The quantitative estimate of drug-likeness (QED) is 0.678. The first-order valence-corrected chi connectivity index (χ1v) is 8.70. The zero-order chi connectivity index (χ0) is 19.7. The van der Waals surface area contributed by atoms with Gasteiger partial charge in [0.25, 0.3) is 5.91 Å². The van der Waals surface area contributed by atoms with Gasteiger partial charge in [0, 0.05) is 37.7 Å². The number of halogens is 1. The second-order valence-electron chi connectivity index (χ2n) is 6.25. The molecule has 0 saturated heterocycles. The second-order valence-corrected chi connectivity index (χ2v) is 6.25. The van der Waals surface area contributed by atoms with E-state index >= 15 is 0 Å². The van der Waals surface area contributed by atoms with Crippen LogP contribution in [0.2, 0.25) is 0 Å². The van der Waals surface area contributed by atoms with Crippen LogP contribution in [0.3, 0.4) is 0 Å². The van der Waals surface area contributed by atoms with Crippen molar-refractivity contribution in [3.63, 3.8) is 0 Å². The summed E-state index contributed by atoms with van der Waals surface area (Å²) in [5.74, 6) is 1.24. The Bertz CT molecular complexity index is 1160. The molecule has 2 aromatic heterocycles. The number of nitrogens with zero attached hydrogens (tertiary/aromatic N) is 4. The number of carbonyl (C=O) groups excluding carboxylic acids is 2. The van der Waals surface area contributed by atoms with Gasteiger partial charge in [-0.25, -0.2) is 9.97 Å². The lowest BCUT2D eigenvalue weighted by atomic mass is 10.2. The molecule has 0 spiro atoms. The predicted molar refractivity (Wildman–Crippen MR) is 110 cm³/mol. The zero-order valence-corrected chi connectivity index (χ0v) is 16.6. The Morgan fingerprint density at radius 3 is 2.79 bits per heavy atom. The highest BCUT2D eigenvalue weighted by Crippen LogP contribution is 2.26. The van der Waals surface area contributed by atoms with E-state index in [1.807, 2.05) is 22.8 Å². The lowest BCUT2D eigenvalue weighted by Crippen LogP contribution is -2.24. The number of amides is 2. The maximum Gasteiger partial charge on any atom is 0.281 e. The summed E-state index contributed by atoms with van der Waals surface area (Å²) in [5.41, 5.74) is 1.31. The van der Waals surface area contributed by atoms with Gasteiger partial charge < -0.3 is 15.4 Å². The van der Waals surface area contributed by atoms with Gasteiger partial charge in [-0.05, 0) is 24.3 Å². The van der Waals surface area contributed by atoms with Crippen LogP contribution in [-0.2, 0) is 11.3 Å². The lowest BCUT2D eigenvalue weighted by molar-refractivity contribution is -0.114. The van der Waals surface area contributed by atoms with Crippen LogP contribution in [0, 0.1) is 0 Å². The van der Waals surface area contributed by atoms with E-state index in [1.54, 1.807) is 19.2 Å². The maximum absolute atomic E-state index is 12.6. The summed E-state index contributed by atoms with van der Waals surface area (Å²) in [7, 11) is 1.59. The number of ether oxygens (including phenoxy) is 1. The molecule has 0 fully saturated rings. The molecule has 0 aliphatic carbocycles. The Kier molecular flexibility index (Phi) is 5.79. The van der Waals surface area contributed by atoms with Crippen LogP contribution in [-0.4, -0.2) is 40.0 Å². The first-order valence-electron chi connectivity index (χ1n) is 8.70. The topological polar surface area (TPSA) is 110 Å². The van der Waals surface area contributed by atoms with Crippen LogP contribution in [0.15, 0.2) is 41.5 Å². The van der Waals surface area contributed by atoms with Crippen LogP contribution >= 0.6 is 12.4 Å². The third kappa shape index (κ3) is 4.04. The number of anilines is 2. The average molecular weight is 415 g/mol. The Morgan fingerprint density at radius 1 is 1.28 bits per heavy atom. The number of hydrogen-bond acceptors (Lipinski definition) is 6. The second kappa shape index (κ2) is 8.27. The van der Waals surface area contributed by atoms with Gasteiger partial charge in [-0.15, -0.1) is 12.4 Å². The number of methoxy groups -OCH3 is 1. The van der Waals surface area contributed by atoms with Gasteiger partial charge in [-0.2, -0.15) is 4.99 Å². The first-order chi connectivity index (χ1) is 13.5. The van der Waals surface area contributed by atoms with Gasteiger partial charge in [-0.1, -0.05) is 0 Å². The number of benzene rings is 1. The van der Waals surface area contributed by atoms with E-state index in [0.29, 0.717) is 34.8 Å². The van der Waals surface area contributed by atoms with Crippen molar-refractivity contribution in [1.82, 2.24) is 14.5 Å². The normalized spacial score (nSPS) is 12.7. The van der Waals surface area contributed by atoms with Gasteiger partial charge in [0.05, 0.1) is 18.2 Å². The van der Waals surface area contributed by atoms with E-state index in [9.17, 15) is 9.59 Å². The smallest absolute Gasteiger partial charge is 0.281 e. The number of aromatic nitrogens is 3. The molecule has 0 saturated carbocycles. The predicted octanol–water partition coefficient (Wildman–Crippen LogP) is 1.99. The summed E-state index contributed by atoms with van der Waals surface area (Å²) in [6, 6.07) is 8.74. The Labute approximate surface area is 172 Å². The van der Waals surface area contributed by atoms with E-state index in [1.165, 1.54) is 13.1 Å². The van der Waals surface area contributed by atoms with E-state index in [4.69, 9.17) is 4.74 Å². The van der Waals surface area contributed by atoms with Crippen LogP contribution in [0.5, 0.6) is 5.75 Å². The van der Waals surface area contributed by atoms with E-state index in [2.05, 4.69) is 25.6 Å². The van der Waals surface area contributed by atoms with Gasteiger partial charge >= 0.3 is 0 Å². The summed E-state index contributed by atoms with van der Waals surface area (Å²) in [6.45, 7) is 2.79. The number of hydrogen-bond donors (Lipinski definition) is 2. The SMILES string of the molecule is COc1ccc2c3n(c(=NC(=O)c4ccc(NC(C)=O)nc4)nc2c1)CCN3.Cl. The van der Waals surface area contributed by atoms with Crippen molar-refractivity contribution in [1.29, 1.82) is 0 Å². The number of carbonyl (C=O) groups is 2. The zero-order valence-electron chi connectivity index (χ0n) is 15.8. The molecule has 10 heteroatoms. The largest absolute Gasteiger partial charge is 0.497 e. The minimum Gasteiger partial charge on any atom is -0.497 e. The molecule has 3 aromatic rings. The number of nitrogens with one attached hydrogen (secondary N) is 2. The third-order valence-corrected chi connectivity index (χ3v) is 4.34. The summed E-state index contributed by atoms with van der Waals surface area (Å²) in [5, 5.41) is 6.81. The van der Waals surface area contributed by atoms with Crippen molar-refractivity contribution < 1.29 is 14.3 Å². The fraction of sp³-hybridized carbons (Fsp3) is 0.211. The highest BCUT2D eigenvalue weighted by molar-refractivity contribution is 5.95.